The molecule has 0 heterocycles. The molecule has 0 spiro atoms. The molecular weight excluding hydrogens is 255 g/mol. The molecule has 1 fully saturated rings. The second kappa shape index (κ2) is 7.16. The number of aliphatic hydroxyl groups excluding tert-OH is 1. The highest BCUT2D eigenvalue weighted by atomic mass is 19.1. The van der Waals surface area contributed by atoms with Crippen LogP contribution in [0.4, 0.5) is 4.39 Å². The molecule has 20 heavy (non-hydrogen) atoms. The lowest BCUT2D eigenvalue weighted by Gasteiger charge is -2.38. The minimum atomic E-state index is -0.233. The van der Waals surface area contributed by atoms with Gasteiger partial charge in [-0.25, -0.2) is 4.39 Å². The highest BCUT2D eigenvalue weighted by Crippen LogP contribution is 2.32. The van der Waals surface area contributed by atoms with Gasteiger partial charge in [0.15, 0.2) is 0 Å². The second-order valence-electron chi connectivity index (χ2n) is 5.76. The average molecular weight is 280 g/mol. The van der Waals surface area contributed by atoms with Gasteiger partial charge >= 0.3 is 0 Å². The van der Waals surface area contributed by atoms with Crippen molar-refractivity contribution in [2.75, 3.05) is 13.2 Å². The number of halogens is 1. The SMILES string of the molecule is CC(N)C(c1cccc(F)c1)N(CCO)C1CCCC1. The summed E-state index contributed by atoms with van der Waals surface area (Å²) < 4.78 is 13.5. The molecule has 0 radical (unpaired) electrons. The van der Waals surface area contributed by atoms with E-state index in [-0.39, 0.29) is 24.5 Å². The van der Waals surface area contributed by atoms with E-state index in [4.69, 9.17) is 5.73 Å². The zero-order valence-electron chi connectivity index (χ0n) is 12.1. The Bertz CT molecular complexity index is 419. The Labute approximate surface area is 120 Å². The number of aliphatic hydroxyl groups is 1. The second-order valence-corrected chi connectivity index (χ2v) is 5.76. The van der Waals surface area contributed by atoms with E-state index in [1.807, 2.05) is 13.0 Å². The molecule has 2 rings (SSSR count). The zero-order chi connectivity index (χ0) is 14.5. The van der Waals surface area contributed by atoms with Crippen molar-refractivity contribution in [3.8, 4) is 0 Å². The molecule has 0 bridgehead atoms. The summed E-state index contributed by atoms with van der Waals surface area (Å²) in [6, 6.07) is 6.97. The van der Waals surface area contributed by atoms with Crippen molar-refractivity contribution in [2.24, 2.45) is 5.73 Å². The number of nitrogens with zero attached hydrogens (tertiary/aromatic N) is 1. The monoisotopic (exact) mass is 280 g/mol. The van der Waals surface area contributed by atoms with Gasteiger partial charge in [-0.05, 0) is 37.5 Å². The summed E-state index contributed by atoms with van der Waals surface area (Å²) in [7, 11) is 0. The summed E-state index contributed by atoms with van der Waals surface area (Å²) in [6.45, 7) is 2.65. The predicted molar refractivity (Wildman–Crippen MR) is 78.8 cm³/mol. The van der Waals surface area contributed by atoms with Crippen LogP contribution >= 0.6 is 0 Å². The van der Waals surface area contributed by atoms with Crippen molar-refractivity contribution in [3.63, 3.8) is 0 Å². The molecule has 0 aromatic heterocycles. The van der Waals surface area contributed by atoms with Crippen LogP contribution in [-0.2, 0) is 0 Å². The highest BCUT2D eigenvalue weighted by Gasteiger charge is 2.31. The van der Waals surface area contributed by atoms with Crippen molar-refractivity contribution in [1.82, 2.24) is 4.90 Å². The first kappa shape index (κ1) is 15.4. The van der Waals surface area contributed by atoms with Crippen LogP contribution in [0, 0.1) is 5.82 Å². The van der Waals surface area contributed by atoms with E-state index in [9.17, 15) is 9.50 Å². The Hall–Kier alpha value is -0.970. The minimum absolute atomic E-state index is 0.0408. The van der Waals surface area contributed by atoms with Gasteiger partial charge in [-0.1, -0.05) is 25.0 Å². The quantitative estimate of drug-likeness (QED) is 0.841. The fourth-order valence-corrected chi connectivity index (χ4v) is 3.39. The van der Waals surface area contributed by atoms with Crippen LogP contribution in [0.2, 0.25) is 0 Å². The summed E-state index contributed by atoms with van der Waals surface area (Å²) in [4.78, 5) is 2.27. The first-order valence-electron chi connectivity index (χ1n) is 7.51. The average Bonchev–Trinajstić information content (AvgIpc) is 2.91. The van der Waals surface area contributed by atoms with Gasteiger partial charge in [-0.15, -0.1) is 0 Å². The van der Waals surface area contributed by atoms with Gasteiger partial charge in [-0.3, -0.25) is 4.90 Å². The Morgan fingerprint density at radius 1 is 1.40 bits per heavy atom. The van der Waals surface area contributed by atoms with Crippen LogP contribution in [0.3, 0.4) is 0 Å². The maximum absolute atomic E-state index is 13.5. The lowest BCUT2D eigenvalue weighted by Crippen LogP contribution is -2.45. The van der Waals surface area contributed by atoms with Crippen molar-refractivity contribution in [1.29, 1.82) is 0 Å². The van der Waals surface area contributed by atoms with E-state index >= 15 is 0 Å². The number of hydrogen-bond donors (Lipinski definition) is 2. The largest absolute Gasteiger partial charge is 0.395 e. The Morgan fingerprint density at radius 2 is 2.10 bits per heavy atom. The summed E-state index contributed by atoms with van der Waals surface area (Å²) in [5.41, 5.74) is 7.07. The molecule has 1 aliphatic rings. The van der Waals surface area contributed by atoms with Gasteiger partial charge in [-0.2, -0.15) is 0 Å². The van der Waals surface area contributed by atoms with Crippen LogP contribution in [0.25, 0.3) is 0 Å². The van der Waals surface area contributed by atoms with E-state index in [0.717, 1.165) is 18.4 Å². The fourth-order valence-electron chi connectivity index (χ4n) is 3.39. The van der Waals surface area contributed by atoms with Crippen molar-refractivity contribution >= 4 is 0 Å². The third-order valence-electron chi connectivity index (χ3n) is 4.20. The molecule has 3 N–H and O–H groups in total. The summed E-state index contributed by atoms with van der Waals surface area (Å²) in [5, 5.41) is 9.37. The van der Waals surface area contributed by atoms with Crippen LogP contribution < -0.4 is 5.73 Å². The minimum Gasteiger partial charge on any atom is -0.395 e. The molecule has 1 aliphatic carbocycles. The molecule has 1 aromatic carbocycles. The molecule has 2 atom stereocenters. The summed E-state index contributed by atoms with van der Waals surface area (Å²) >= 11 is 0. The lowest BCUT2D eigenvalue weighted by atomic mass is 9.96. The third kappa shape index (κ3) is 3.57. The number of hydrogen-bond acceptors (Lipinski definition) is 3. The van der Waals surface area contributed by atoms with Crippen LogP contribution in [-0.4, -0.2) is 35.2 Å². The maximum Gasteiger partial charge on any atom is 0.123 e. The van der Waals surface area contributed by atoms with Gasteiger partial charge in [0.1, 0.15) is 5.82 Å². The smallest absolute Gasteiger partial charge is 0.123 e. The van der Waals surface area contributed by atoms with Crippen molar-refractivity contribution < 1.29 is 9.50 Å². The molecule has 1 aromatic rings. The lowest BCUT2D eigenvalue weighted by molar-refractivity contribution is 0.0920. The first-order valence-corrected chi connectivity index (χ1v) is 7.51. The predicted octanol–water partition coefficient (Wildman–Crippen LogP) is 2.45. The van der Waals surface area contributed by atoms with E-state index in [0.29, 0.717) is 12.6 Å². The van der Waals surface area contributed by atoms with Crippen LogP contribution in [0.5, 0.6) is 0 Å². The third-order valence-corrected chi connectivity index (χ3v) is 4.20. The number of benzene rings is 1. The molecule has 0 aliphatic heterocycles. The Morgan fingerprint density at radius 3 is 2.65 bits per heavy atom. The van der Waals surface area contributed by atoms with Crippen LogP contribution in [0.15, 0.2) is 24.3 Å². The fraction of sp³-hybridized carbons (Fsp3) is 0.625. The highest BCUT2D eigenvalue weighted by molar-refractivity contribution is 5.22. The topological polar surface area (TPSA) is 49.5 Å². The normalized spacial score (nSPS) is 19.4. The Balaban J connectivity index is 2.28. The van der Waals surface area contributed by atoms with Gasteiger partial charge in [0, 0.05) is 18.6 Å². The van der Waals surface area contributed by atoms with E-state index in [1.54, 1.807) is 12.1 Å². The van der Waals surface area contributed by atoms with E-state index < -0.39 is 0 Å². The number of nitrogens with two attached hydrogens (primary N) is 1. The Kier molecular flexibility index (Phi) is 5.52. The van der Waals surface area contributed by atoms with Crippen molar-refractivity contribution in [3.05, 3.63) is 35.6 Å². The molecule has 0 amide bonds. The van der Waals surface area contributed by atoms with Crippen molar-refractivity contribution in [2.45, 2.75) is 50.7 Å². The van der Waals surface area contributed by atoms with Gasteiger partial charge in [0.05, 0.1) is 12.6 Å². The molecule has 4 heteroatoms. The van der Waals surface area contributed by atoms with E-state index in [1.165, 1.54) is 18.9 Å². The van der Waals surface area contributed by atoms with Gasteiger partial charge in [0.25, 0.3) is 0 Å². The molecule has 112 valence electrons. The molecule has 1 saturated carbocycles. The molecule has 3 nitrogen and oxygen atoms in total. The van der Waals surface area contributed by atoms with E-state index in [2.05, 4.69) is 4.90 Å². The zero-order valence-corrected chi connectivity index (χ0v) is 12.1. The maximum atomic E-state index is 13.5. The number of rotatable bonds is 6. The standard InChI is InChI=1S/C16H25FN2O/c1-12(18)16(13-5-4-6-14(17)11-13)19(9-10-20)15-7-2-3-8-15/h4-6,11-12,15-16,20H,2-3,7-10,18H2,1H3. The van der Waals surface area contributed by atoms with Gasteiger partial charge in [0.2, 0.25) is 0 Å². The first-order chi connectivity index (χ1) is 9.63. The summed E-state index contributed by atoms with van der Waals surface area (Å²) in [6.07, 6.45) is 4.72. The molecule has 2 unspecified atom stereocenters. The van der Waals surface area contributed by atoms with Crippen LogP contribution in [0.1, 0.15) is 44.2 Å². The molecular formula is C16H25FN2O. The summed E-state index contributed by atoms with van der Waals surface area (Å²) in [5.74, 6) is -0.233. The van der Waals surface area contributed by atoms with Gasteiger partial charge < -0.3 is 10.8 Å². The molecule has 0 saturated heterocycles.